The van der Waals surface area contributed by atoms with Crippen molar-refractivity contribution in [2.45, 2.75) is 39.4 Å². The number of aromatic nitrogens is 1. The highest BCUT2D eigenvalue weighted by Gasteiger charge is 2.30. The normalized spacial score (nSPS) is 19.5. The van der Waals surface area contributed by atoms with E-state index in [1.165, 1.54) is 16.7 Å². The third-order valence-electron chi connectivity index (χ3n) is 5.41. The van der Waals surface area contributed by atoms with Gasteiger partial charge in [-0.1, -0.05) is 42.5 Å². The van der Waals surface area contributed by atoms with Crippen LogP contribution in [0.2, 0.25) is 0 Å². The highest BCUT2D eigenvalue weighted by atomic mass is 19.1. The van der Waals surface area contributed by atoms with E-state index in [1.807, 2.05) is 25.4 Å². The summed E-state index contributed by atoms with van der Waals surface area (Å²) in [6.07, 6.45) is 10.5. The fourth-order valence-corrected chi connectivity index (χ4v) is 4.22. The van der Waals surface area contributed by atoms with E-state index < -0.39 is 6.30 Å². The SMILES string of the molecule is CC=CC(c1ccccc1NC)C1CC=CC(C)=C1c1cccn1C(C)F. The Labute approximate surface area is 162 Å². The van der Waals surface area contributed by atoms with Crippen LogP contribution in [-0.4, -0.2) is 11.6 Å². The highest BCUT2D eigenvalue weighted by molar-refractivity contribution is 5.74. The standard InChI is InChI=1S/C24H29FN2/c1-5-10-19(20-12-6-7-14-22(20)26-4)21-13-8-11-17(2)24(21)23-15-9-16-27(23)18(3)25/h5-12,14-16,18-19,21,26H,13H2,1-4H3. The summed E-state index contributed by atoms with van der Waals surface area (Å²) in [7, 11) is 1.96. The molecule has 27 heavy (non-hydrogen) atoms. The van der Waals surface area contributed by atoms with E-state index in [-0.39, 0.29) is 11.8 Å². The molecule has 1 aliphatic carbocycles. The van der Waals surface area contributed by atoms with Crippen LogP contribution < -0.4 is 5.32 Å². The third-order valence-corrected chi connectivity index (χ3v) is 5.41. The summed E-state index contributed by atoms with van der Waals surface area (Å²) in [5.74, 6) is 0.472. The second-order valence-electron chi connectivity index (χ2n) is 7.10. The molecule has 3 rings (SSSR count). The summed E-state index contributed by atoms with van der Waals surface area (Å²) in [5.41, 5.74) is 5.84. The van der Waals surface area contributed by atoms with Gasteiger partial charge in [-0.15, -0.1) is 0 Å². The minimum absolute atomic E-state index is 0.215. The van der Waals surface area contributed by atoms with Crippen molar-refractivity contribution >= 4 is 11.3 Å². The van der Waals surface area contributed by atoms with E-state index in [0.717, 1.165) is 17.8 Å². The first-order valence-corrected chi connectivity index (χ1v) is 9.66. The molecule has 3 unspecified atom stereocenters. The number of para-hydroxylation sites is 1. The zero-order valence-electron chi connectivity index (χ0n) is 16.6. The quantitative estimate of drug-likeness (QED) is 0.562. The Morgan fingerprint density at radius 1 is 1.22 bits per heavy atom. The lowest BCUT2D eigenvalue weighted by Gasteiger charge is -2.32. The highest BCUT2D eigenvalue weighted by Crippen LogP contribution is 2.45. The van der Waals surface area contributed by atoms with Crippen molar-refractivity contribution in [3.05, 3.63) is 83.7 Å². The molecule has 0 saturated heterocycles. The van der Waals surface area contributed by atoms with Crippen LogP contribution in [0.5, 0.6) is 0 Å². The van der Waals surface area contributed by atoms with Crippen molar-refractivity contribution < 1.29 is 4.39 Å². The van der Waals surface area contributed by atoms with Crippen molar-refractivity contribution in [2.75, 3.05) is 12.4 Å². The Morgan fingerprint density at radius 3 is 2.70 bits per heavy atom. The molecule has 0 saturated carbocycles. The van der Waals surface area contributed by atoms with Crippen LogP contribution in [0, 0.1) is 5.92 Å². The summed E-state index contributed by atoms with van der Waals surface area (Å²) in [6, 6.07) is 12.4. The van der Waals surface area contributed by atoms with Gasteiger partial charge in [0.05, 0.1) is 0 Å². The Kier molecular flexibility index (Phi) is 6.00. The van der Waals surface area contributed by atoms with Crippen LogP contribution in [0.1, 0.15) is 50.7 Å². The molecule has 1 aromatic heterocycles. The van der Waals surface area contributed by atoms with Gasteiger partial charge >= 0.3 is 0 Å². The van der Waals surface area contributed by atoms with Crippen molar-refractivity contribution in [1.82, 2.24) is 4.57 Å². The van der Waals surface area contributed by atoms with Crippen molar-refractivity contribution in [2.24, 2.45) is 5.92 Å². The lowest BCUT2D eigenvalue weighted by molar-refractivity contribution is 0.266. The zero-order chi connectivity index (χ0) is 19.4. The molecular formula is C24H29FN2. The van der Waals surface area contributed by atoms with Crippen LogP contribution in [-0.2, 0) is 0 Å². The number of hydrogen-bond donors (Lipinski definition) is 1. The maximum Gasteiger partial charge on any atom is 0.173 e. The molecule has 0 fully saturated rings. The number of anilines is 1. The molecule has 2 nitrogen and oxygen atoms in total. The van der Waals surface area contributed by atoms with Gasteiger partial charge in [0, 0.05) is 36.5 Å². The van der Waals surface area contributed by atoms with Crippen LogP contribution in [0.15, 0.2) is 72.5 Å². The molecule has 1 heterocycles. The van der Waals surface area contributed by atoms with Gasteiger partial charge in [-0.25, -0.2) is 4.39 Å². The predicted molar refractivity (Wildman–Crippen MR) is 114 cm³/mol. The largest absolute Gasteiger partial charge is 0.388 e. The predicted octanol–water partition coefficient (Wildman–Crippen LogP) is 6.73. The molecule has 3 heteroatoms. The molecule has 0 amide bonds. The number of rotatable bonds is 6. The van der Waals surface area contributed by atoms with Gasteiger partial charge in [-0.3, -0.25) is 0 Å². The second kappa shape index (κ2) is 8.43. The molecule has 2 aromatic rings. The molecule has 3 atom stereocenters. The first-order valence-electron chi connectivity index (χ1n) is 9.66. The van der Waals surface area contributed by atoms with Gasteiger partial charge < -0.3 is 9.88 Å². The Balaban J connectivity index is 2.14. The lowest BCUT2D eigenvalue weighted by Crippen LogP contribution is -2.19. The first-order chi connectivity index (χ1) is 13.1. The van der Waals surface area contributed by atoms with E-state index in [0.29, 0.717) is 0 Å². The van der Waals surface area contributed by atoms with E-state index in [4.69, 9.17) is 0 Å². The minimum atomic E-state index is -1.05. The van der Waals surface area contributed by atoms with Crippen molar-refractivity contribution in [3.63, 3.8) is 0 Å². The van der Waals surface area contributed by atoms with Crippen molar-refractivity contribution in [3.8, 4) is 0 Å². The monoisotopic (exact) mass is 364 g/mol. The van der Waals surface area contributed by atoms with E-state index >= 15 is 0 Å². The molecule has 0 spiro atoms. The minimum Gasteiger partial charge on any atom is -0.388 e. The molecule has 1 aromatic carbocycles. The van der Waals surface area contributed by atoms with Crippen LogP contribution in [0.4, 0.5) is 10.1 Å². The molecule has 1 N–H and O–H groups in total. The number of halogens is 1. The number of allylic oxidation sites excluding steroid dienone is 6. The number of benzene rings is 1. The third kappa shape index (κ3) is 3.78. The summed E-state index contributed by atoms with van der Waals surface area (Å²) >= 11 is 0. The number of nitrogens with zero attached hydrogens (tertiary/aromatic N) is 1. The molecular weight excluding hydrogens is 335 g/mol. The first kappa shape index (κ1) is 19.2. The van der Waals surface area contributed by atoms with Gasteiger partial charge in [0.25, 0.3) is 0 Å². The zero-order valence-corrected chi connectivity index (χ0v) is 16.6. The topological polar surface area (TPSA) is 17.0 Å². The fraction of sp³-hybridized carbons (Fsp3) is 0.333. The van der Waals surface area contributed by atoms with Gasteiger partial charge in [-0.2, -0.15) is 0 Å². The van der Waals surface area contributed by atoms with Crippen LogP contribution >= 0.6 is 0 Å². The Morgan fingerprint density at radius 2 is 2.00 bits per heavy atom. The lowest BCUT2D eigenvalue weighted by atomic mass is 9.74. The summed E-state index contributed by atoms with van der Waals surface area (Å²) in [6.45, 7) is 5.79. The van der Waals surface area contributed by atoms with E-state index in [9.17, 15) is 4.39 Å². The number of nitrogens with one attached hydrogen (secondary N) is 1. The van der Waals surface area contributed by atoms with Crippen molar-refractivity contribution in [1.29, 1.82) is 0 Å². The van der Waals surface area contributed by atoms with Gasteiger partial charge in [0.15, 0.2) is 6.30 Å². The average Bonchev–Trinajstić information content (AvgIpc) is 3.15. The Bertz CT molecular complexity index is 870. The molecule has 1 aliphatic rings. The molecule has 142 valence electrons. The molecule has 0 aliphatic heterocycles. The fourth-order valence-electron chi connectivity index (χ4n) is 4.22. The van der Waals surface area contributed by atoms with E-state index in [1.54, 1.807) is 11.5 Å². The number of alkyl halides is 1. The smallest absolute Gasteiger partial charge is 0.173 e. The number of hydrogen-bond acceptors (Lipinski definition) is 1. The average molecular weight is 365 g/mol. The maximum atomic E-state index is 14.2. The van der Waals surface area contributed by atoms with Crippen LogP contribution in [0.3, 0.4) is 0 Å². The summed E-state index contributed by atoms with van der Waals surface area (Å²) in [5, 5.41) is 3.33. The van der Waals surface area contributed by atoms with Gasteiger partial charge in [0.2, 0.25) is 0 Å². The van der Waals surface area contributed by atoms with E-state index in [2.05, 4.69) is 67.7 Å². The van der Waals surface area contributed by atoms with Gasteiger partial charge in [0.1, 0.15) is 0 Å². The second-order valence-corrected chi connectivity index (χ2v) is 7.10. The molecule has 0 bridgehead atoms. The Hall–Kier alpha value is -2.55. The van der Waals surface area contributed by atoms with Gasteiger partial charge in [-0.05, 0) is 62.1 Å². The maximum absolute atomic E-state index is 14.2. The van der Waals surface area contributed by atoms with Crippen LogP contribution in [0.25, 0.3) is 5.57 Å². The molecule has 0 radical (unpaired) electrons. The summed E-state index contributed by atoms with van der Waals surface area (Å²) < 4.78 is 16.0. The summed E-state index contributed by atoms with van der Waals surface area (Å²) in [4.78, 5) is 0.